The molecule has 1 aromatic rings. The Morgan fingerprint density at radius 3 is 2.77 bits per heavy atom. The Kier molecular flexibility index (Phi) is 4.81. The molecule has 22 heavy (non-hydrogen) atoms. The Hall–Kier alpha value is -1.36. The standard InChI is InChI=1S/C17H24N2O2S/c1-2-18(12-13-8-9-13)16(20)14-6-3-4-10-19(14)17(21)15-7-5-11-22-15/h5,7,11,13-14H,2-4,6,8-10,12H2,1H3. The van der Waals surface area contributed by atoms with Crippen LogP contribution in [0.25, 0.3) is 0 Å². The van der Waals surface area contributed by atoms with E-state index < -0.39 is 0 Å². The van der Waals surface area contributed by atoms with Crippen molar-refractivity contribution >= 4 is 23.2 Å². The molecule has 4 nitrogen and oxygen atoms in total. The largest absolute Gasteiger partial charge is 0.341 e. The van der Waals surface area contributed by atoms with E-state index in [2.05, 4.69) is 0 Å². The van der Waals surface area contributed by atoms with Crippen molar-refractivity contribution in [2.24, 2.45) is 5.92 Å². The number of amides is 2. The first-order chi connectivity index (χ1) is 10.7. The van der Waals surface area contributed by atoms with Gasteiger partial charge in [0.2, 0.25) is 5.91 Å². The molecule has 2 amide bonds. The van der Waals surface area contributed by atoms with Gasteiger partial charge in [-0.2, -0.15) is 0 Å². The lowest BCUT2D eigenvalue weighted by molar-refractivity contribution is -0.137. The van der Waals surface area contributed by atoms with Gasteiger partial charge < -0.3 is 9.80 Å². The Balaban J connectivity index is 1.73. The maximum atomic E-state index is 12.9. The quantitative estimate of drug-likeness (QED) is 0.837. The highest BCUT2D eigenvalue weighted by atomic mass is 32.1. The molecule has 5 heteroatoms. The molecule has 2 heterocycles. The smallest absolute Gasteiger partial charge is 0.264 e. The van der Waals surface area contributed by atoms with E-state index in [4.69, 9.17) is 0 Å². The molecule has 0 N–H and O–H groups in total. The molecule has 1 saturated heterocycles. The van der Waals surface area contributed by atoms with E-state index in [0.717, 1.165) is 37.2 Å². The van der Waals surface area contributed by atoms with Crippen LogP contribution in [-0.4, -0.2) is 47.3 Å². The number of likely N-dealkylation sites (N-methyl/N-ethyl adjacent to an activating group) is 1. The van der Waals surface area contributed by atoms with E-state index in [9.17, 15) is 9.59 Å². The zero-order chi connectivity index (χ0) is 15.5. The van der Waals surface area contributed by atoms with Gasteiger partial charge in [-0.3, -0.25) is 9.59 Å². The fourth-order valence-corrected chi connectivity index (χ4v) is 3.85. The number of rotatable bonds is 5. The lowest BCUT2D eigenvalue weighted by Crippen LogP contribution is -2.53. The van der Waals surface area contributed by atoms with Crippen molar-refractivity contribution in [3.63, 3.8) is 0 Å². The molecule has 1 aliphatic heterocycles. The van der Waals surface area contributed by atoms with Gasteiger partial charge in [0.15, 0.2) is 0 Å². The van der Waals surface area contributed by atoms with Crippen LogP contribution < -0.4 is 0 Å². The van der Waals surface area contributed by atoms with Crippen molar-refractivity contribution < 1.29 is 9.59 Å². The normalized spacial score (nSPS) is 21.7. The first-order valence-electron chi connectivity index (χ1n) is 8.34. The molecular formula is C17H24N2O2S. The number of carbonyl (C=O) groups excluding carboxylic acids is 2. The molecule has 2 aliphatic rings. The molecule has 0 aromatic carbocycles. The van der Waals surface area contributed by atoms with Crippen LogP contribution >= 0.6 is 11.3 Å². The van der Waals surface area contributed by atoms with E-state index in [-0.39, 0.29) is 17.9 Å². The van der Waals surface area contributed by atoms with E-state index in [1.54, 1.807) is 0 Å². The number of hydrogen-bond acceptors (Lipinski definition) is 3. The molecule has 1 aromatic heterocycles. The van der Waals surface area contributed by atoms with Crippen LogP contribution in [0.3, 0.4) is 0 Å². The third-order valence-corrected chi connectivity index (χ3v) is 5.51. The van der Waals surface area contributed by atoms with Crippen molar-refractivity contribution in [3.8, 4) is 0 Å². The van der Waals surface area contributed by atoms with Gasteiger partial charge >= 0.3 is 0 Å². The third kappa shape index (κ3) is 3.35. The van der Waals surface area contributed by atoms with Crippen molar-refractivity contribution in [2.75, 3.05) is 19.6 Å². The van der Waals surface area contributed by atoms with Gasteiger partial charge in [-0.1, -0.05) is 6.07 Å². The number of piperidine rings is 1. The lowest BCUT2D eigenvalue weighted by atomic mass is 10.00. The summed E-state index contributed by atoms with van der Waals surface area (Å²) in [6.45, 7) is 4.35. The highest BCUT2D eigenvalue weighted by Crippen LogP contribution is 2.31. The van der Waals surface area contributed by atoms with Gasteiger partial charge in [0.1, 0.15) is 6.04 Å². The van der Waals surface area contributed by atoms with Crippen LogP contribution in [0.1, 0.15) is 48.7 Å². The molecule has 1 saturated carbocycles. The van der Waals surface area contributed by atoms with E-state index >= 15 is 0 Å². The minimum Gasteiger partial charge on any atom is -0.341 e. The summed E-state index contributed by atoms with van der Waals surface area (Å²) in [6, 6.07) is 3.48. The number of hydrogen-bond donors (Lipinski definition) is 0. The topological polar surface area (TPSA) is 40.6 Å². The molecule has 0 radical (unpaired) electrons. The van der Waals surface area contributed by atoms with Crippen molar-refractivity contribution in [1.82, 2.24) is 9.80 Å². The Morgan fingerprint density at radius 2 is 2.14 bits per heavy atom. The van der Waals surface area contributed by atoms with Crippen LogP contribution in [0.15, 0.2) is 17.5 Å². The second-order valence-corrected chi connectivity index (χ2v) is 7.26. The van der Waals surface area contributed by atoms with Gasteiger partial charge in [-0.15, -0.1) is 11.3 Å². The molecule has 1 aliphatic carbocycles. The Morgan fingerprint density at radius 1 is 1.32 bits per heavy atom. The molecule has 1 atom stereocenters. The minimum atomic E-state index is -0.262. The lowest BCUT2D eigenvalue weighted by Gasteiger charge is -2.37. The molecule has 0 spiro atoms. The fraction of sp³-hybridized carbons (Fsp3) is 0.647. The summed E-state index contributed by atoms with van der Waals surface area (Å²) >= 11 is 1.46. The summed E-state index contributed by atoms with van der Waals surface area (Å²) in [4.78, 5) is 30.1. The molecular weight excluding hydrogens is 296 g/mol. The highest BCUT2D eigenvalue weighted by Gasteiger charge is 2.36. The first-order valence-corrected chi connectivity index (χ1v) is 9.22. The molecule has 120 valence electrons. The Labute approximate surface area is 136 Å². The summed E-state index contributed by atoms with van der Waals surface area (Å²) in [6.07, 6.45) is 5.32. The van der Waals surface area contributed by atoms with Crippen LogP contribution in [0.4, 0.5) is 0 Å². The van der Waals surface area contributed by atoms with Crippen LogP contribution in [0.5, 0.6) is 0 Å². The van der Waals surface area contributed by atoms with E-state index in [0.29, 0.717) is 12.5 Å². The van der Waals surface area contributed by atoms with Crippen LogP contribution in [0, 0.1) is 5.92 Å². The van der Waals surface area contributed by atoms with Gasteiger partial charge in [-0.05, 0) is 56.4 Å². The average molecular weight is 320 g/mol. The van der Waals surface area contributed by atoms with Crippen LogP contribution in [-0.2, 0) is 4.79 Å². The van der Waals surface area contributed by atoms with E-state index in [1.807, 2.05) is 34.2 Å². The second-order valence-electron chi connectivity index (χ2n) is 6.31. The van der Waals surface area contributed by atoms with Crippen molar-refractivity contribution in [3.05, 3.63) is 22.4 Å². The summed E-state index contributed by atoms with van der Waals surface area (Å²) < 4.78 is 0. The zero-order valence-corrected chi connectivity index (χ0v) is 14.0. The van der Waals surface area contributed by atoms with Gasteiger partial charge in [0, 0.05) is 19.6 Å². The number of nitrogens with zero attached hydrogens (tertiary/aromatic N) is 2. The molecule has 0 bridgehead atoms. The molecule has 3 rings (SSSR count). The molecule has 2 fully saturated rings. The molecule has 1 unspecified atom stereocenters. The van der Waals surface area contributed by atoms with Gasteiger partial charge in [0.25, 0.3) is 5.91 Å². The predicted molar refractivity (Wildman–Crippen MR) is 88.0 cm³/mol. The fourth-order valence-electron chi connectivity index (χ4n) is 3.17. The zero-order valence-electron chi connectivity index (χ0n) is 13.2. The van der Waals surface area contributed by atoms with E-state index in [1.165, 1.54) is 24.2 Å². The Bertz CT molecular complexity index is 525. The monoisotopic (exact) mass is 320 g/mol. The predicted octanol–water partition coefficient (Wildman–Crippen LogP) is 3.00. The number of carbonyl (C=O) groups is 2. The second kappa shape index (κ2) is 6.82. The van der Waals surface area contributed by atoms with Crippen LogP contribution in [0.2, 0.25) is 0 Å². The van der Waals surface area contributed by atoms with Crippen molar-refractivity contribution in [1.29, 1.82) is 0 Å². The maximum Gasteiger partial charge on any atom is 0.264 e. The van der Waals surface area contributed by atoms with Gasteiger partial charge in [-0.25, -0.2) is 0 Å². The van der Waals surface area contributed by atoms with Crippen molar-refractivity contribution in [2.45, 2.75) is 45.1 Å². The minimum absolute atomic E-state index is 0.0236. The summed E-state index contributed by atoms with van der Waals surface area (Å²) in [5.41, 5.74) is 0. The first kappa shape index (κ1) is 15.5. The maximum absolute atomic E-state index is 12.9. The number of likely N-dealkylation sites (tertiary alicyclic amines) is 1. The summed E-state index contributed by atoms with van der Waals surface area (Å²) in [5.74, 6) is 0.864. The highest BCUT2D eigenvalue weighted by molar-refractivity contribution is 7.12. The number of thiophene rings is 1. The SMILES string of the molecule is CCN(CC1CC1)C(=O)C1CCCCN1C(=O)c1cccs1. The average Bonchev–Trinajstić information content (AvgIpc) is 3.21. The van der Waals surface area contributed by atoms with Gasteiger partial charge in [0.05, 0.1) is 4.88 Å². The third-order valence-electron chi connectivity index (χ3n) is 4.65. The summed E-state index contributed by atoms with van der Waals surface area (Å²) in [5, 5.41) is 1.92. The summed E-state index contributed by atoms with van der Waals surface area (Å²) in [7, 11) is 0.